The van der Waals surface area contributed by atoms with E-state index in [1.165, 1.54) is 0 Å². The maximum Gasteiger partial charge on any atom is 0.435 e. The van der Waals surface area contributed by atoms with E-state index in [2.05, 4.69) is 0 Å². The van der Waals surface area contributed by atoms with Crippen molar-refractivity contribution in [2.45, 2.75) is 18.0 Å². The summed E-state index contributed by atoms with van der Waals surface area (Å²) in [5.74, 6) is 0. The van der Waals surface area contributed by atoms with E-state index in [0.717, 1.165) is 0 Å². The first-order valence-electron chi connectivity index (χ1n) is 4.48. The molecule has 0 fully saturated rings. The van der Waals surface area contributed by atoms with Crippen molar-refractivity contribution in [2.24, 2.45) is 0 Å². The molecule has 1 aromatic carbocycles. The highest BCUT2D eigenvalue weighted by Crippen LogP contribution is 2.53. The van der Waals surface area contributed by atoms with Crippen molar-refractivity contribution in [2.75, 3.05) is 0 Å². The molecule has 0 saturated carbocycles. The Bertz CT molecular complexity index is 463. The van der Waals surface area contributed by atoms with E-state index in [1.54, 1.807) is 0 Å². The smallest absolute Gasteiger partial charge is 0.258 e. The van der Waals surface area contributed by atoms with Gasteiger partial charge in [0.05, 0.1) is 4.92 Å². The van der Waals surface area contributed by atoms with Gasteiger partial charge in [0.2, 0.25) is 0 Å². The molecule has 0 N–H and O–H groups in total. The third kappa shape index (κ3) is 2.47. The lowest BCUT2D eigenvalue weighted by Gasteiger charge is -2.30. The maximum absolute atomic E-state index is 13.5. The molecule has 10 heteroatoms. The lowest BCUT2D eigenvalue weighted by atomic mass is 9.94. The molecule has 0 radical (unpaired) electrons. The topological polar surface area (TPSA) is 43.1 Å². The molecule has 0 spiro atoms. The summed E-state index contributed by atoms with van der Waals surface area (Å²) in [6.45, 7) is 0. The summed E-state index contributed by atoms with van der Waals surface area (Å²) >= 11 is 0. The third-order valence-corrected chi connectivity index (χ3v) is 2.26. The van der Waals surface area contributed by atoms with E-state index in [4.69, 9.17) is 0 Å². The fourth-order valence-electron chi connectivity index (χ4n) is 1.30. The summed E-state index contributed by atoms with van der Waals surface area (Å²) in [5.41, 5.74) is -8.09. The van der Waals surface area contributed by atoms with Crippen LogP contribution in [0.25, 0.3) is 0 Å². The van der Waals surface area contributed by atoms with Gasteiger partial charge in [-0.3, -0.25) is 10.1 Å². The molecule has 0 atom stereocenters. The molecule has 106 valence electrons. The molecule has 3 nitrogen and oxygen atoms in total. The van der Waals surface area contributed by atoms with Crippen LogP contribution in [0.3, 0.4) is 0 Å². The molecule has 0 heterocycles. The van der Waals surface area contributed by atoms with Crippen LogP contribution in [0.1, 0.15) is 5.56 Å². The van der Waals surface area contributed by atoms with Gasteiger partial charge in [0.15, 0.2) is 0 Å². The van der Waals surface area contributed by atoms with Crippen LogP contribution in [0, 0.1) is 10.1 Å². The minimum atomic E-state index is -6.23. The molecule has 0 saturated heterocycles. The summed E-state index contributed by atoms with van der Waals surface area (Å²) in [4.78, 5) is 9.19. The van der Waals surface area contributed by atoms with E-state index in [0.29, 0.717) is 12.1 Å². The van der Waals surface area contributed by atoms with Crippen LogP contribution in [-0.4, -0.2) is 17.3 Å². The molecule has 0 aliphatic heterocycles. The Balaban J connectivity index is 3.40. The maximum atomic E-state index is 13.5. The Kier molecular flexibility index (Phi) is 3.48. The van der Waals surface area contributed by atoms with Crippen LogP contribution >= 0.6 is 0 Å². The number of hydrogen-bond donors (Lipinski definition) is 0. The zero-order valence-corrected chi connectivity index (χ0v) is 8.72. The number of rotatable bonds is 2. The normalized spacial score (nSPS) is 13.4. The summed E-state index contributed by atoms with van der Waals surface area (Å²) in [7, 11) is 0. The molecular formula is C9H4F7NO2. The van der Waals surface area contributed by atoms with Crippen molar-refractivity contribution in [1.29, 1.82) is 0 Å². The fraction of sp³-hybridized carbons (Fsp3) is 0.333. The summed E-state index contributed by atoms with van der Waals surface area (Å²) in [6, 6.07) is 0.889. The first kappa shape index (κ1) is 15.2. The molecule has 19 heavy (non-hydrogen) atoms. The monoisotopic (exact) mass is 291 g/mol. The van der Waals surface area contributed by atoms with Crippen LogP contribution in [0.15, 0.2) is 24.3 Å². The zero-order valence-electron chi connectivity index (χ0n) is 8.72. The van der Waals surface area contributed by atoms with E-state index < -0.39 is 34.2 Å². The summed E-state index contributed by atoms with van der Waals surface area (Å²) in [5, 5.41) is 10.2. The van der Waals surface area contributed by atoms with Crippen LogP contribution in [-0.2, 0) is 5.67 Å². The van der Waals surface area contributed by atoms with E-state index in [1.807, 2.05) is 0 Å². The highest BCUT2D eigenvalue weighted by atomic mass is 19.4. The minimum absolute atomic E-state index is 0.0825. The minimum Gasteiger partial charge on any atom is -0.258 e. The Morgan fingerprint density at radius 2 is 1.21 bits per heavy atom. The number of nitrogens with zero attached hydrogens (tertiary/aromatic N) is 1. The van der Waals surface area contributed by atoms with E-state index in [-0.39, 0.29) is 12.1 Å². The average molecular weight is 291 g/mol. The predicted molar refractivity (Wildman–Crippen MR) is 48.0 cm³/mol. The van der Waals surface area contributed by atoms with Crippen molar-refractivity contribution in [3.63, 3.8) is 0 Å². The van der Waals surface area contributed by atoms with Gasteiger partial charge >= 0.3 is 18.0 Å². The van der Waals surface area contributed by atoms with Crippen LogP contribution in [0.5, 0.6) is 0 Å². The summed E-state index contributed by atoms with van der Waals surface area (Å²) < 4.78 is 87.3. The van der Waals surface area contributed by atoms with Gasteiger partial charge < -0.3 is 0 Å². The highest BCUT2D eigenvalue weighted by Gasteiger charge is 2.73. The Labute approximate surface area is 100 Å². The van der Waals surface area contributed by atoms with Crippen molar-refractivity contribution >= 4 is 5.69 Å². The third-order valence-electron chi connectivity index (χ3n) is 2.26. The number of nitro groups is 1. The standard InChI is InChI=1S/C9H4F7NO2/c10-7(8(11,12)13,9(14,15)16)5-1-3-6(4-2-5)17(18)19/h1-4H. The highest BCUT2D eigenvalue weighted by molar-refractivity contribution is 5.37. The van der Waals surface area contributed by atoms with Crippen molar-refractivity contribution in [3.05, 3.63) is 39.9 Å². The quantitative estimate of drug-likeness (QED) is 0.471. The largest absolute Gasteiger partial charge is 0.435 e. The lowest BCUT2D eigenvalue weighted by molar-refractivity contribution is -0.385. The zero-order chi connectivity index (χ0) is 15.1. The van der Waals surface area contributed by atoms with E-state index >= 15 is 0 Å². The number of hydrogen-bond acceptors (Lipinski definition) is 2. The van der Waals surface area contributed by atoms with Gasteiger partial charge in [-0.05, 0) is 12.1 Å². The Morgan fingerprint density at radius 1 is 0.842 bits per heavy atom. The molecule has 0 unspecified atom stereocenters. The molecule has 1 rings (SSSR count). The molecule has 0 aromatic heterocycles. The van der Waals surface area contributed by atoms with E-state index in [9.17, 15) is 40.8 Å². The second-order valence-electron chi connectivity index (χ2n) is 3.46. The number of benzene rings is 1. The number of alkyl halides is 7. The number of halogens is 7. The van der Waals surface area contributed by atoms with Gasteiger partial charge in [-0.1, -0.05) is 0 Å². The fourth-order valence-corrected chi connectivity index (χ4v) is 1.30. The second-order valence-corrected chi connectivity index (χ2v) is 3.46. The molecule has 0 amide bonds. The van der Waals surface area contributed by atoms with Crippen molar-refractivity contribution in [1.82, 2.24) is 0 Å². The summed E-state index contributed by atoms with van der Waals surface area (Å²) in [6.07, 6.45) is -12.5. The van der Waals surface area contributed by atoms with Gasteiger partial charge in [0, 0.05) is 17.7 Å². The second kappa shape index (κ2) is 4.35. The average Bonchev–Trinajstić information content (AvgIpc) is 2.25. The molecule has 0 bridgehead atoms. The lowest BCUT2D eigenvalue weighted by Crippen LogP contribution is -2.50. The molecular weight excluding hydrogens is 287 g/mol. The number of non-ortho nitro benzene ring substituents is 1. The Morgan fingerprint density at radius 3 is 1.47 bits per heavy atom. The van der Waals surface area contributed by atoms with Crippen molar-refractivity contribution in [3.8, 4) is 0 Å². The first-order chi connectivity index (χ1) is 8.41. The predicted octanol–water partition coefficient (Wildman–Crippen LogP) is 3.88. The van der Waals surface area contributed by atoms with Gasteiger partial charge in [-0.25, -0.2) is 4.39 Å². The molecule has 0 aliphatic carbocycles. The van der Waals surface area contributed by atoms with Gasteiger partial charge in [-0.2, -0.15) is 26.3 Å². The van der Waals surface area contributed by atoms with Gasteiger partial charge in [0.1, 0.15) is 0 Å². The molecule has 1 aromatic rings. The molecule has 0 aliphatic rings. The number of nitro benzene ring substituents is 1. The van der Waals surface area contributed by atoms with Gasteiger partial charge in [0.25, 0.3) is 5.69 Å². The van der Waals surface area contributed by atoms with Crippen LogP contribution < -0.4 is 0 Å². The van der Waals surface area contributed by atoms with Crippen LogP contribution in [0.4, 0.5) is 36.4 Å². The van der Waals surface area contributed by atoms with Gasteiger partial charge in [-0.15, -0.1) is 0 Å². The Hall–Kier alpha value is -1.87. The van der Waals surface area contributed by atoms with Crippen LogP contribution in [0.2, 0.25) is 0 Å². The van der Waals surface area contributed by atoms with Crippen molar-refractivity contribution < 1.29 is 35.7 Å². The first-order valence-corrected chi connectivity index (χ1v) is 4.48. The SMILES string of the molecule is O=[N+]([O-])c1ccc(C(F)(C(F)(F)F)C(F)(F)F)cc1.